The number of anilines is 1. The van der Waals surface area contributed by atoms with E-state index >= 15 is 0 Å². The average molecular weight is 431 g/mol. The van der Waals surface area contributed by atoms with Gasteiger partial charge >= 0.3 is 0 Å². The lowest BCUT2D eigenvalue weighted by Gasteiger charge is -2.36. The fraction of sp³-hybridized carbons (Fsp3) is 0.348. The lowest BCUT2D eigenvalue weighted by atomic mass is 10.0. The number of rotatable bonds is 4. The van der Waals surface area contributed by atoms with Crippen LogP contribution in [0.25, 0.3) is 5.78 Å². The normalized spacial score (nSPS) is 14.3. The van der Waals surface area contributed by atoms with Crippen LogP contribution < -0.4 is 4.90 Å². The van der Waals surface area contributed by atoms with Gasteiger partial charge in [0.2, 0.25) is 0 Å². The Morgan fingerprint density at radius 2 is 1.81 bits per heavy atom. The molecule has 4 heterocycles. The number of aryl methyl sites for hydroxylation is 3. The van der Waals surface area contributed by atoms with Crippen molar-refractivity contribution in [3.05, 3.63) is 70.9 Å². The largest absolute Gasteiger partial charge is 0.353 e. The van der Waals surface area contributed by atoms with Crippen molar-refractivity contribution in [3.63, 3.8) is 0 Å². The summed E-state index contributed by atoms with van der Waals surface area (Å²) in [7, 11) is 1.85. The number of carbonyl (C=O) groups excluding carboxylic acids is 1. The molecule has 1 fully saturated rings. The van der Waals surface area contributed by atoms with Gasteiger partial charge < -0.3 is 9.80 Å². The van der Waals surface area contributed by atoms with Gasteiger partial charge in [-0.2, -0.15) is 19.7 Å². The summed E-state index contributed by atoms with van der Waals surface area (Å²) in [6, 6.07) is 12.2. The SMILES string of the molecule is Cc1nc2ncnn2c(N2CCN(C(=O)c3cc(C)n(C)n3)CC2)c1Cc1ccccc1. The van der Waals surface area contributed by atoms with Crippen molar-refractivity contribution < 1.29 is 4.79 Å². The first-order valence-corrected chi connectivity index (χ1v) is 10.8. The molecule has 3 aromatic heterocycles. The van der Waals surface area contributed by atoms with Crippen molar-refractivity contribution >= 4 is 17.5 Å². The smallest absolute Gasteiger partial charge is 0.274 e. The van der Waals surface area contributed by atoms with Crippen LogP contribution in [0.4, 0.5) is 5.82 Å². The van der Waals surface area contributed by atoms with Crippen LogP contribution >= 0.6 is 0 Å². The molecule has 1 amide bonds. The predicted octanol–water partition coefficient (Wildman–Crippen LogP) is 2.03. The van der Waals surface area contributed by atoms with Gasteiger partial charge in [-0.1, -0.05) is 30.3 Å². The maximum atomic E-state index is 12.9. The van der Waals surface area contributed by atoms with E-state index in [1.165, 1.54) is 5.56 Å². The number of benzene rings is 1. The van der Waals surface area contributed by atoms with Gasteiger partial charge in [-0.15, -0.1) is 0 Å². The van der Waals surface area contributed by atoms with E-state index in [0.717, 1.165) is 29.2 Å². The maximum Gasteiger partial charge on any atom is 0.274 e. The average Bonchev–Trinajstić information content (AvgIpc) is 3.40. The zero-order valence-corrected chi connectivity index (χ0v) is 18.6. The molecule has 1 aliphatic rings. The number of hydrogen-bond acceptors (Lipinski definition) is 6. The van der Waals surface area contributed by atoms with E-state index in [-0.39, 0.29) is 5.91 Å². The second kappa shape index (κ2) is 8.07. The number of fused-ring (bicyclic) bond motifs is 1. The third-order valence-electron chi connectivity index (χ3n) is 6.13. The highest BCUT2D eigenvalue weighted by Gasteiger charge is 2.27. The van der Waals surface area contributed by atoms with Gasteiger partial charge in [-0.25, -0.2) is 4.98 Å². The van der Waals surface area contributed by atoms with Gasteiger partial charge in [0.15, 0.2) is 5.69 Å². The first kappa shape index (κ1) is 20.2. The molecule has 0 bridgehead atoms. The number of hydrogen-bond donors (Lipinski definition) is 0. The van der Waals surface area contributed by atoms with Crippen LogP contribution in [0.15, 0.2) is 42.7 Å². The topological polar surface area (TPSA) is 84.5 Å². The molecule has 4 aromatic rings. The number of amides is 1. The molecule has 0 spiro atoms. The molecule has 0 saturated carbocycles. The summed E-state index contributed by atoms with van der Waals surface area (Å²) in [5.41, 5.74) is 4.78. The van der Waals surface area contributed by atoms with E-state index in [0.29, 0.717) is 37.7 Å². The van der Waals surface area contributed by atoms with Gasteiger partial charge in [0.1, 0.15) is 12.1 Å². The minimum Gasteiger partial charge on any atom is -0.353 e. The van der Waals surface area contributed by atoms with E-state index in [1.54, 1.807) is 11.0 Å². The minimum absolute atomic E-state index is 0.0188. The summed E-state index contributed by atoms with van der Waals surface area (Å²) in [5.74, 6) is 1.58. The quantitative estimate of drug-likeness (QED) is 0.493. The van der Waals surface area contributed by atoms with E-state index in [1.807, 2.05) is 42.4 Å². The summed E-state index contributed by atoms with van der Waals surface area (Å²) >= 11 is 0. The third-order valence-corrected chi connectivity index (χ3v) is 6.13. The molecule has 164 valence electrons. The molecular weight excluding hydrogens is 404 g/mol. The van der Waals surface area contributed by atoms with E-state index in [9.17, 15) is 4.79 Å². The van der Waals surface area contributed by atoms with Crippen molar-refractivity contribution in [1.29, 1.82) is 0 Å². The van der Waals surface area contributed by atoms with Gasteiger partial charge in [0.25, 0.3) is 11.7 Å². The summed E-state index contributed by atoms with van der Waals surface area (Å²) in [6.07, 6.45) is 2.30. The maximum absolute atomic E-state index is 12.9. The van der Waals surface area contributed by atoms with Gasteiger partial charge in [0, 0.05) is 56.6 Å². The molecule has 32 heavy (non-hydrogen) atoms. The third kappa shape index (κ3) is 3.59. The highest BCUT2D eigenvalue weighted by Crippen LogP contribution is 2.27. The lowest BCUT2D eigenvalue weighted by molar-refractivity contribution is 0.0739. The lowest BCUT2D eigenvalue weighted by Crippen LogP contribution is -2.49. The molecule has 1 aliphatic heterocycles. The number of aromatic nitrogens is 6. The fourth-order valence-electron chi connectivity index (χ4n) is 4.25. The Labute approximate surface area is 186 Å². The Bertz CT molecular complexity index is 1250. The van der Waals surface area contributed by atoms with Crippen LogP contribution in [-0.4, -0.2) is 66.3 Å². The first-order chi connectivity index (χ1) is 15.5. The molecule has 1 saturated heterocycles. The predicted molar refractivity (Wildman–Crippen MR) is 121 cm³/mol. The van der Waals surface area contributed by atoms with Crippen LogP contribution in [0, 0.1) is 13.8 Å². The monoisotopic (exact) mass is 430 g/mol. The standard InChI is InChI=1S/C23H26N8O/c1-16-13-20(27-28(16)3)22(32)30-11-9-29(10-12-30)21-19(14-18-7-5-4-6-8-18)17(2)26-23-24-15-25-31(21)23/h4-8,13,15H,9-12,14H2,1-3H3. The van der Waals surface area contributed by atoms with Crippen molar-refractivity contribution in [2.24, 2.45) is 7.05 Å². The summed E-state index contributed by atoms with van der Waals surface area (Å²) in [5, 5.41) is 8.81. The number of carbonyl (C=O) groups is 1. The molecule has 9 heteroatoms. The van der Waals surface area contributed by atoms with Crippen LogP contribution in [0.2, 0.25) is 0 Å². The Kier molecular flexibility index (Phi) is 5.08. The highest BCUT2D eigenvalue weighted by atomic mass is 16.2. The highest BCUT2D eigenvalue weighted by molar-refractivity contribution is 5.92. The second-order valence-electron chi connectivity index (χ2n) is 8.21. The molecule has 9 nitrogen and oxygen atoms in total. The molecule has 0 aliphatic carbocycles. The second-order valence-corrected chi connectivity index (χ2v) is 8.21. The molecule has 0 N–H and O–H groups in total. The first-order valence-electron chi connectivity index (χ1n) is 10.8. The molecular formula is C23H26N8O. The summed E-state index contributed by atoms with van der Waals surface area (Å²) in [6.45, 7) is 6.63. The van der Waals surface area contributed by atoms with Crippen molar-refractivity contribution in [2.45, 2.75) is 20.3 Å². The Hall–Kier alpha value is -3.75. The van der Waals surface area contributed by atoms with Crippen LogP contribution in [0.1, 0.15) is 33.0 Å². The molecule has 1 aromatic carbocycles. The van der Waals surface area contributed by atoms with E-state index < -0.39 is 0 Å². The molecule has 0 radical (unpaired) electrons. The minimum atomic E-state index is -0.0188. The molecule has 0 atom stereocenters. The van der Waals surface area contributed by atoms with Crippen molar-refractivity contribution in [3.8, 4) is 0 Å². The van der Waals surface area contributed by atoms with Crippen molar-refractivity contribution in [1.82, 2.24) is 34.3 Å². The number of piperazine rings is 1. The molecule has 5 rings (SSSR count). The zero-order valence-electron chi connectivity index (χ0n) is 18.6. The van der Waals surface area contributed by atoms with Gasteiger partial charge in [0.05, 0.1) is 0 Å². The van der Waals surface area contributed by atoms with Crippen LogP contribution in [0.3, 0.4) is 0 Å². The fourth-order valence-corrected chi connectivity index (χ4v) is 4.25. The van der Waals surface area contributed by atoms with Crippen LogP contribution in [-0.2, 0) is 13.5 Å². The van der Waals surface area contributed by atoms with Gasteiger partial charge in [-0.05, 0) is 25.5 Å². The number of nitrogens with zero attached hydrogens (tertiary/aromatic N) is 8. The van der Waals surface area contributed by atoms with Gasteiger partial charge in [-0.3, -0.25) is 9.48 Å². The van der Waals surface area contributed by atoms with E-state index in [2.05, 4.69) is 49.3 Å². The van der Waals surface area contributed by atoms with E-state index in [4.69, 9.17) is 0 Å². The Balaban J connectivity index is 1.43. The Morgan fingerprint density at radius 1 is 1.06 bits per heavy atom. The van der Waals surface area contributed by atoms with Crippen molar-refractivity contribution in [2.75, 3.05) is 31.1 Å². The Morgan fingerprint density at radius 3 is 2.50 bits per heavy atom. The summed E-state index contributed by atoms with van der Waals surface area (Å²) in [4.78, 5) is 26.1. The molecule has 0 unspecified atom stereocenters. The van der Waals surface area contributed by atoms with Crippen LogP contribution in [0.5, 0.6) is 0 Å². The zero-order chi connectivity index (χ0) is 22.2. The summed E-state index contributed by atoms with van der Waals surface area (Å²) < 4.78 is 3.56.